The normalized spacial score (nSPS) is 16.3. The van der Waals surface area contributed by atoms with Crippen LogP contribution < -0.4 is 10.6 Å². The minimum Gasteiger partial charge on any atom is -0.444 e. The van der Waals surface area contributed by atoms with Crippen LogP contribution in [0, 0.1) is 5.92 Å². The number of carbonyl (C=O) groups excluding carboxylic acids is 2. The van der Waals surface area contributed by atoms with Gasteiger partial charge in [-0.3, -0.25) is 4.79 Å². The molecule has 0 heterocycles. The van der Waals surface area contributed by atoms with Crippen molar-refractivity contribution in [3.8, 4) is 0 Å². The first kappa shape index (κ1) is 17.8. The third-order valence-corrected chi connectivity index (χ3v) is 3.62. The zero-order valence-corrected chi connectivity index (χ0v) is 13.7. The van der Waals surface area contributed by atoms with Gasteiger partial charge in [-0.05, 0) is 33.1 Å². The van der Waals surface area contributed by atoms with E-state index >= 15 is 0 Å². The van der Waals surface area contributed by atoms with Gasteiger partial charge in [-0.15, -0.1) is 0 Å². The first-order chi connectivity index (χ1) is 9.87. The largest absolute Gasteiger partial charge is 0.444 e. The summed E-state index contributed by atoms with van der Waals surface area (Å²) in [5, 5.41) is 5.51. The Morgan fingerprint density at radius 2 is 1.71 bits per heavy atom. The van der Waals surface area contributed by atoms with E-state index in [2.05, 4.69) is 10.6 Å². The molecular weight excluding hydrogens is 268 g/mol. The lowest BCUT2D eigenvalue weighted by Gasteiger charge is -2.21. The van der Waals surface area contributed by atoms with Gasteiger partial charge in [-0.2, -0.15) is 0 Å². The standard InChI is InChI=1S/C16H30N2O3/c1-16(2,3)21-15(20)18-12-10-14(19)17-11-9-13-7-5-4-6-8-13/h13H,4-12H2,1-3H3,(H,17,19)(H,18,20). The van der Waals surface area contributed by atoms with E-state index < -0.39 is 11.7 Å². The van der Waals surface area contributed by atoms with Gasteiger partial charge in [0.05, 0.1) is 0 Å². The summed E-state index contributed by atoms with van der Waals surface area (Å²) >= 11 is 0. The first-order valence-electron chi connectivity index (χ1n) is 8.10. The van der Waals surface area contributed by atoms with E-state index in [0.717, 1.165) is 18.9 Å². The van der Waals surface area contributed by atoms with E-state index in [1.54, 1.807) is 0 Å². The molecule has 2 N–H and O–H groups in total. The summed E-state index contributed by atoms with van der Waals surface area (Å²) in [6.07, 6.45) is 7.52. The van der Waals surface area contributed by atoms with Gasteiger partial charge in [0.1, 0.15) is 5.60 Å². The number of ether oxygens (including phenoxy) is 1. The third-order valence-electron chi connectivity index (χ3n) is 3.62. The van der Waals surface area contributed by atoms with Gasteiger partial charge >= 0.3 is 6.09 Å². The molecule has 0 aliphatic heterocycles. The van der Waals surface area contributed by atoms with E-state index in [4.69, 9.17) is 4.74 Å². The summed E-state index contributed by atoms with van der Waals surface area (Å²) in [6, 6.07) is 0. The van der Waals surface area contributed by atoms with Gasteiger partial charge in [-0.25, -0.2) is 4.79 Å². The SMILES string of the molecule is CC(C)(C)OC(=O)NCCC(=O)NCCC1CCCCC1. The quantitative estimate of drug-likeness (QED) is 0.792. The van der Waals surface area contributed by atoms with Gasteiger partial charge < -0.3 is 15.4 Å². The Kier molecular flexibility index (Phi) is 7.54. The zero-order chi connectivity index (χ0) is 15.7. The predicted octanol–water partition coefficient (Wildman–Crippen LogP) is 2.99. The lowest BCUT2D eigenvalue weighted by molar-refractivity contribution is -0.121. The molecular formula is C16H30N2O3. The minimum absolute atomic E-state index is 0.0122. The summed E-state index contributed by atoms with van der Waals surface area (Å²) < 4.78 is 5.10. The average molecular weight is 298 g/mol. The Morgan fingerprint density at radius 1 is 1.05 bits per heavy atom. The van der Waals surface area contributed by atoms with Gasteiger partial charge in [0, 0.05) is 19.5 Å². The maximum Gasteiger partial charge on any atom is 0.407 e. The van der Waals surface area contributed by atoms with Gasteiger partial charge in [-0.1, -0.05) is 32.1 Å². The van der Waals surface area contributed by atoms with E-state index in [-0.39, 0.29) is 5.91 Å². The minimum atomic E-state index is -0.508. The van der Waals surface area contributed by atoms with E-state index in [9.17, 15) is 9.59 Å². The van der Waals surface area contributed by atoms with Crippen LogP contribution in [0.15, 0.2) is 0 Å². The van der Waals surface area contributed by atoms with Crippen LogP contribution in [0.25, 0.3) is 0 Å². The molecule has 0 aromatic carbocycles. The van der Waals surface area contributed by atoms with Crippen LogP contribution in [0.3, 0.4) is 0 Å². The summed E-state index contributed by atoms with van der Waals surface area (Å²) in [4.78, 5) is 23.0. The van der Waals surface area contributed by atoms with Crippen molar-refractivity contribution in [2.75, 3.05) is 13.1 Å². The molecule has 0 aromatic heterocycles. The van der Waals surface area contributed by atoms with Crippen LogP contribution in [-0.2, 0) is 9.53 Å². The second-order valence-electron chi connectivity index (χ2n) is 6.82. The van der Waals surface area contributed by atoms with Crippen LogP contribution in [0.1, 0.15) is 65.7 Å². The van der Waals surface area contributed by atoms with Gasteiger partial charge in [0.2, 0.25) is 5.91 Å². The van der Waals surface area contributed by atoms with Crippen LogP contribution in [0.5, 0.6) is 0 Å². The summed E-state index contributed by atoms with van der Waals surface area (Å²) in [5.41, 5.74) is -0.508. The van der Waals surface area contributed by atoms with Gasteiger partial charge in [0.15, 0.2) is 0 Å². The molecule has 1 aliphatic rings. The molecule has 1 saturated carbocycles. The number of amides is 2. The molecule has 5 nitrogen and oxygen atoms in total. The molecule has 122 valence electrons. The average Bonchev–Trinajstić information content (AvgIpc) is 2.38. The smallest absolute Gasteiger partial charge is 0.407 e. The number of carbonyl (C=O) groups is 2. The van der Waals surface area contributed by atoms with Crippen molar-refractivity contribution in [2.24, 2.45) is 5.92 Å². The first-order valence-corrected chi connectivity index (χ1v) is 8.10. The highest BCUT2D eigenvalue weighted by molar-refractivity contribution is 5.76. The molecule has 0 spiro atoms. The van der Waals surface area contributed by atoms with Crippen molar-refractivity contribution in [1.29, 1.82) is 0 Å². The highest BCUT2D eigenvalue weighted by Crippen LogP contribution is 2.25. The number of nitrogens with one attached hydrogen (secondary N) is 2. The van der Waals surface area contributed by atoms with Crippen molar-refractivity contribution in [3.63, 3.8) is 0 Å². The van der Waals surface area contributed by atoms with Crippen LogP contribution >= 0.6 is 0 Å². The highest BCUT2D eigenvalue weighted by atomic mass is 16.6. The number of hydrogen-bond acceptors (Lipinski definition) is 3. The molecule has 1 rings (SSSR count). The second kappa shape index (κ2) is 8.90. The summed E-state index contributed by atoms with van der Waals surface area (Å²) in [7, 11) is 0. The Balaban J connectivity index is 2.02. The fraction of sp³-hybridized carbons (Fsp3) is 0.875. The molecule has 0 radical (unpaired) electrons. The number of alkyl carbamates (subject to hydrolysis) is 1. The molecule has 21 heavy (non-hydrogen) atoms. The molecule has 1 aliphatic carbocycles. The van der Waals surface area contributed by atoms with Crippen molar-refractivity contribution in [3.05, 3.63) is 0 Å². The predicted molar refractivity (Wildman–Crippen MR) is 83.1 cm³/mol. The monoisotopic (exact) mass is 298 g/mol. The van der Waals surface area contributed by atoms with Crippen LogP contribution in [0.4, 0.5) is 4.79 Å². The molecule has 0 saturated heterocycles. The molecule has 0 atom stereocenters. The maximum absolute atomic E-state index is 11.6. The van der Waals surface area contributed by atoms with Crippen molar-refractivity contribution in [1.82, 2.24) is 10.6 Å². The highest BCUT2D eigenvalue weighted by Gasteiger charge is 2.16. The van der Waals surface area contributed by atoms with Gasteiger partial charge in [0.25, 0.3) is 0 Å². The molecule has 0 unspecified atom stereocenters. The fourth-order valence-electron chi connectivity index (χ4n) is 2.57. The number of rotatable bonds is 6. The lowest BCUT2D eigenvalue weighted by atomic mass is 9.87. The molecule has 2 amide bonds. The van der Waals surface area contributed by atoms with E-state index in [1.165, 1.54) is 32.1 Å². The third kappa shape index (κ3) is 9.32. The summed E-state index contributed by atoms with van der Waals surface area (Å²) in [5.74, 6) is 0.765. The van der Waals surface area contributed by atoms with Crippen molar-refractivity contribution in [2.45, 2.75) is 71.3 Å². The molecule has 0 aromatic rings. The lowest BCUT2D eigenvalue weighted by Crippen LogP contribution is -2.35. The Labute approximate surface area is 128 Å². The van der Waals surface area contributed by atoms with Crippen molar-refractivity contribution >= 4 is 12.0 Å². The second-order valence-corrected chi connectivity index (χ2v) is 6.82. The Morgan fingerprint density at radius 3 is 2.33 bits per heavy atom. The fourth-order valence-corrected chi connectivity index (χ4v) is 2.57. The Bertz CT molecular complexity index is 331. The molecule has 1 fully saturated rings. The van der Waals surface area contributed by atoms with E-state index in [1.807, 2.05) is 20.8 Å². The van der Waals surface area contributed by atoms with Crippen LogP contribution in [-0.4, -0.2) is 30.7 Å². The number of hydrogen-bond donors (Lipinski definition) is 2. The zero-order valence-electron chi connectivity index (χ0n) is 13.7. The Hall–Kier alpha value is -1.26. The topological polar surface area (TPSA) is 67.4 Å². The maximum atomic E-state index is 11.6. The molecule has 0 bridgehead atoms. The van der Waals surface area contributed by atoms with E-state index in [0.29, 0.717) is 13.0 Å². The van der Waals surface area contributed by atoms with Crippen molar-refractivity contribution < 1.29 is 14.3 Å². The summed E-state index contributed by atoms with van der Waals surface area (Å²) in [6.45, 7) is 6.49. The molecule has 5 heteroatoms. The van der Waals surface area contributed by atoms with Crippen LogP contribution in [0.2, 0.25) is 0 Å².